The van der Waals surface area contributed by atoms with E-state index < -0.39 is 0 Å². The van der Waals surface area contributed by atoms with E-state index in [4.69, 9.17) is 0 Å². The fourth-order valence-corrected chi connectivity index (χ4v) is 3.02. The molecule has 0 amide bonds. The van der Waals surface area contributed by atoms with Gasteiger partial charge in [0.05, 0.1) is 16.6 Å². The molecule has 0 radical (unpaired) electrons. The number of aryl methyl sites for hydroxylation is 2. The molecule has 0 saturated heterocycles. The molecule has 0 bridgehead atoms. The Morgan fingerprint density at radius 1 is 1.05 bits per heavy atom. The van der Waals surface area contributed by atoms with Gasteiger partial charge in [0.25, 0.3) is 5.56 Å². The number of nitrogens with zero attached hydrogens (tertiary/aromatic N) is 3. The van der Waals surface area contributed by atoms with Gasteiger partial charge in [0.1, 0.15) is 0 Å². The number of rotatable bonds is 2. The summed E-state index contributed by atoms with van der Waals surface area (Å²) in [5.41, 5.74) is 1.89. The molecule has 5 nitrogen and oxygen atoms in total. The first kappa shape index (κ1) is 14.8. The SMILES string of the molecule is CCn1cc2c(c1-c1ccc(Br)cc1)c(=O)n(C)c(=O)n2C. The minimum Gasteiger partial charge on any atom is -0.345 e. The van der Waals surface area contributed by atoms with E-state index >= 15 is 0 Å². The zero-order valence-corrected chi connectivity index (χ0v) is 14.2. The summed E-state index contributed by atoms with van der Waals surface area (Å²) in [5, 5.41) is 0.578. The molecule has 0 aliphatic heterocycles. The molecule has 2 heterocycles. The van der Waals surface area contributed by atoms with Crippen molar-refractivity contribution in [3.8, 4) is 11.3 Å². The Morgan fingerprint density at radius 3 is 2.27 bits per heavy atom. The topological polar surface area (TPSA) is 48.9 Å². The Hall–Kier alpha value is -2.08. The lowest BCUT2D eigenvalue weighted by Crippen LogP contribution is -2.36. The highest BCUT2D eigenvalue weighted by molar-refractivity contribution is 9.10. The molecule has 0 N–H and O–H groups in total. The van der Waals surface area contributed by atoms with Crippen LogP contribution in [0.4, 0.5) is 0 Å². The van der Waals surface area contributed by atoms with Crippen LogP contribution < -0.4 is 11.2 Å². The lowest BCUT2D eigenvalue weighted by atomic mass is 10.1. The highest BCUT2D eigenvalue weighted by Crippen LogP contribution is 2.28. The normalized spacial score (nSPS) is 11.3. The molecule has 0 saturated carbocycles. The van der Waals surface area contributed by atoms with E-state index in [-0.39, 0.29) is 11.2 Å². The third-order valence-corrected chi connectivity index (χ3v) is 4.50. The smallest absolute Gasteiger partial charge is 0.330 e. The third-order valence-electron chi connectivity index (χ3n) is 3.97. The summed E-state index contributed by atoms with van der Waals surface area (Å²) < 4.78 is 5.67. The molecule has 0 aliphatic rings. The summed E-state index contributed by atoms with van der Waals surface area (Å²) >= 11 is 3.42. The van der Waals surface area contributed by atoms with Gasteiger partial charge in [-0.1, -0.05) is 28.1 Å². The van der Waals surface area contributed by atoms with Gasteiger partial charge in [0, 0.05) is 31.3 Å². The number of fused-ring (bicyclic) bond motifs is 1. The van der Waals surface area contributed by atoms with Crippen LogP contribution in [0.2, 0.25) is 0 Å². The minimum absolute atomic E-state index is 0.261. The number of halogens is 1. The van der Waals surface area contributed by atoms with Crippen LogP contribution in [0.15, 0.2) is 44.5 Å². The highest BCUT2D eigenvalue weighted by atomic mass is 79.9. The van der Waals surface area contributed by atoms with Crippen molar-refractivity contribution in [3.05, 3.63) is 55.8 Å². The van der Waals surface area contributed by atoms with Crippen molar-refractivity contribution in [2.45, 2.75) is 13.5 Å². The first-order valence-corrected chi connectivity index (χ1v) is 7.79. The van der Waals surface area contributed by atoms with E-state index in [1.54, 1.807) is 7.05 Å². The summed E-state index contributed by atoms with van der Waals surface area (Å²) in [6, 6.07) is 7.83. The van der Waals surface area contributed by atoms with E-state index in [2.05, 4.69) is 15.9 Å². The van der Waals surface area contributed by atoms with Gasteiger partial charge in [-0.25, -0.2) is 4.79 Å². The second kappa shape index (κ2) is 5.28. The molecular weight excluding hydrogens is 346 g/mol. The van der Waals surface area contributed by atoms with Gasteiger partial charge in [0.15, 0.2) is 0 Å². The van der Waals surface area contributed by atoms with Gasteiger partial charge in [-0.15, -0.1) is 0 Å². The van der Waals surface area contributed by atoms with Crippen molar-refractivity contribution in [1.29, 1.82) is 0 Å². The maximum absolute atomic E-state index is 12.6. The molecule has 114 valence electrons. The molecule has 0 fully saturated rings. The molecule has 0 spiro atoms. The van der Waals surface area contributed by atoms with E-state index in [0.717, 1.165) is 26.8 Å². The van der Waals surface area contributed by atoms with Crippen LogP contribution in [0.1, 0.15) is 6.92 Å². The Labute approximate surface area is 135 Å². The maximum atomic E-state index is 12.6. The van der Waals surface area contributed by atoms with Crippen LogP contribution in [0.3, 0.4) is 0 Å². The average Bonchev–Trinajstić information content (AvgIpc) is 2.91. The van der Waals surface area contributed by atoms with Crippen LogP contribution in [0.5, 0.6) is 0 Å². The van der Waals surface area contributed by atoms with E-state index in [9.17, 15) is 9.59 Å². The molecular formula is C16H16BrN3O2. The van der Waals surface area contributed by atoms with Crippen LogP contribution in [0, 0.1) is 0 Å². The summed E-state index contributed by atoms with van der Waals surface area (Å²) in [6.45, 7) is 2.74. The van der Waals surface area contributed by atoms with Crippen LogP contribution >= 0.6 is 15.9 Å². The molecule has 0 unspecified atom stereocenters. The Kier molecular flexibility index (Phi) is 3.56. The van der Waals surface area contributed by atoms with Gasteiger partial charge in [-0.05, 0) is 24.6 Å². The molecule has 1 aromatic carbocycles. The standard InChI is InChI=1S/C16H16BrN3O2/c1-4-20-9-12-13(15(21)19(3)16(22)18(12)2)14(20)10-5-7-11(17)8-6-10/h5-9H,4H2,1-3H3. The maximum Gasteiger partial charge on any atom is 0.330 e. The van der Waals surface area contributed by atoms with E-state index in [1.165, 1.54) is 11.6 Å². The predicted molar refractivity (Wildman–Crippen MR) is 91.2 cm³/mol. The number of hydrogen-bond donors (Lipinski definition) is 0. The fraction of sp³-hybridized carbons (Fsp3) is 0.250. The van der Waals surface area contributed by atoms with Crippen LogP contribution in [-0.2, 0) is 20.6 Å². The average molecular weight is 362 g/mol. The number of benzene rings is 1. The third kappa shape index (κ3) is 2.06. The van der Waals surface area contributed by atoms with Crippen molar-refractivity contribution < 1.29 is 0 Å². The van der Waals surface area contributed by atoms with Crippen molar-refractivity contribution in [2.24, 2.45) is 14.1 Å². The monoisotopic (exact) mass is 361 g/mol. The molecule has 0 atom stereocenters. The van der Waals surface area contributed by atoms with Crippen molar-refractivity contribution in [2.75, 3.05) is 0 Å². The Bertz CT molecular complexity index is 978. The molecule has 0 aliphatic carbocycles. The zero-order chi connectivity index (χ0) is 16.0. The molecule has 3 aromatic rings. The van der Waals surface area contributed by atoms with Crippen LogP contribution in [0.25, 0.3) is 22.2 Å². The first-order valence-electron chi connectivity index (χ1n) is 7.00. The summed E-state index contributed by atoms with van der Waals surface area (Å²) in [4.78, 5) is 24.7. The summed E-state index contributed by atoms with van der Waals surface area (Å²) in [7, 11) is 3.20. The lowest BCUT2D eigenvalue weighted by Gasteiger charge is -2.08. The van der Waals surface area contributed by atoms with Gasteiger partial charge in [0.2, 0.25) is 0 Å². The quantitative estimate of drug-likeness (QED) is 0.703. The van der Waals surface area contributed by atoms with Gasteiger partial charge < -0.3 is 4.57 Å². The highest BCUT2D eigenvalue weighted by Gasteiger charge is 2.18. The van der Waals surface area contributed by atoms with Gasteiger partial charge in [-0.2, -0.15) is 0 Å². The fourth-order valence-electron chi connectivity index (χ4n) is 2.76. The van der Waals surface area contributed by atoms with E-state index in [0.29, 0.717) is 10.9 Å². The number of aromatic nitrogens is 3. The largest absolute Gasteiger partial charge is 0.345 e. The Balaban J connectivity index is 2.51. The minimum atomic E-state index is -0.312. The second-order valence-electron chi connectivity index (χ2n) is 5.24. The molecule has 3 rings (SSSR count). The Morgan fingerprint density at radius 2 is 1.68 bits per heavy atom. The van der Waals surface area contributed by atoms with Crippen molar-refractivity contribution in [3.63, 3.8) is 0 Å². The molecule has 6 heteroatoms. The second-order valence-corrected chi connectivity index (χ2v) is 6.15. The predicted octanol–water partition coefficient (Wildman–Crippen LogP) is 2.49. The number of hydrogen-bond acceptors (Lipinski definition) is 2. The first-order chi connectivity index (χ1) is 10.5. The van der Waals surface area contributed by atoms with E-state index in [1.807, 2.05) is 42.0 Å². The molecule has 22 heavy (non-hydrogen) atoms. The summed E-state index contributed by atoms with van der Waals surface area (Å²) in [6.07, 6.45) is 1.87. The molecule has 2 aromatic heterocycles. The summed E-state index contributed by atoms with van der Waals surface area (Å²) in [5.74, 6) is 0. The lowest BCUT2D eigenvalue weighted by molar-refractivity contribution is 0.714. The van der Waals surface area contributed by atoms with Crippen molar-refractivity contribution in [1.82, 2.24) is 13.7 Å². The van der Waals surface area contributed by atoms with Crippen LogP contribution in [-0.4, -0.2) is 13.7 Å². The van der Waals surface area contributed by atoms with Gasteiger partial charge >= 0.3 is 5.69 Å². The zero-order valence-electron chi connectivity index (χ0n) is 12.6. The van der Waals surface area contributed by atoms with Crippen molar-refractivity contribution >= 4 is 26.8 Å². The van der Waals surface area contributed by atoms with Gasteiger partial charge in [-0.3, -0.25) is 13.9 Å².